The van der Waals surface area contributed by atoms with Crippen LogP contribution in [0.25, 0.3) is 11.3 Å². The molecule has 2 nitrogen and oxygen atoms in total. The lowest BCUT2D eigenvalue weighted by Crippen LogP contribution is -1.92. The molecule has 1 heterocycles. The molecule has 0 fully saturated rings. The highest BCUT2D eigenvalue weighted by atomic mass is 19.1. The standard InChI is InChI=1S/C12H6F2N2/c13-10-6-11(14)9(5-8(10)7-15)12-3-1-2-4-16-12/h1-6H. The maximum atomic E-state index is 13.5. The van der Waals surface area contributed by atoms with Crippen LogP contribution in [-0.4, -0.2) is 4.98 Å². The van der Waals surface area contributed by atoms with Gasteiger partial charge in [0.25, 0.3) is 0 Å². The third-order valence-corrected chi connectivity index (χ3v) is 2.12. The molecule has 1 aromatic heterocycles. The molecule has 0 amide bonds. The van der Waals surface area contributed by atoms with Crippen molar-refractivity contribution in [2.24, 2.45) is 0 Å². The summed E-state index contributed by atoms with van der Waals surface area (Å²) in [5.41, 5.74) is 0.303. The van der Waals surface area contributed by atoms with E-state index in [2.05, 4.69) is 4.98 Å². The Hall–Kier alpha value is -2.28. The summed E-state index contributed by atoms with van der Waals surface area (Å²) in [7, 11) is 0. The Morgan fingerprint density at radius 3 is 2.56 bits per heavy atom. The van der Waals surface area contributed by atoms with Gasteiger partial charge in [0.05, 0.1) is 11.3 Å². The van der Waals surface area contributed by atoms with Crippen molar-refractivity contribution in [1.82, 2.24) is 4.98 Å². The fourth-order valence-electron chi connectivity index (χ4n) is 1.35. The zero-order valence-corrected chi connectivity index (χ0v) is 8.11. The van der Waals surface area contributed by atoms with Crippen LogP contribution >= 0.6 is 0 Å². The average molecular weight is 216 g/mol. The van der Waals surface area contributed by atoms with Crippen molar-refractivity contribution < 1.29 is 8.78 Å². The van der Waals surface area contributed by atoms with Crippen molar-refractivity contribution in [3.63, 3.8) is 0 Å². The van der Waals surface area contributed by atoms with Gasteiger partial charge in [-0.05, 0) is 18.2 Å². The quantitative estimate of drug-likeness (QED) is 0.734. The van der Waals surface area contributed by atoms with Gasteiger partial charge in [0.15, 0.2) is 0 Å². The lowest BCUT2D eigenvalue weighted by atomic mass is 10.1. The van der Waals surface area contributed by atoms with E-state index < -0.39 is 11.6 Å². The largest absolute Gasteiger partial charge is 0.256 e. The van der Waals surface area contributed by atoms with E-state index in [1.807, 2.05) is 0 Å². The predicted octanol–water partition coefficient (Wildman–Crippen LogP) is 2.90. The third kappa shape index (κ3) is 1.75. The molecule has 0 bridgehead atoms. The summed E-state index contributed by atoms with van der Waals surface area (Å²) in [6.07, 6.45) is 1.50. The van der Waals surface area contributed by atoms with Crippen LogP contribution in [0.1, 0.15) is 5.56 Å². The normalized spacial score (nSPS) is 9.81. The Bertz CT molecular complexity index is 559. The van der Waals surface area contributed by atoms with Crippen molar-refractivity contribution in [1.29, 1.82) is 5.26 Å². The van der Waals surface area contributed by atoms with E-state index in [0.717, 1.165) is 6.07 Å². The summed E-state index contributed by atoms with van der Waals surface area (Å²) in [4.78, 5) is 3.94. The van der Waals surface area contributed by atoms with Crippen molar-refractivity contribution in [3.05, 3.63) is 53.7 Å². The van der Waals surface area contributed by atoms with Gasteiger partial charge in [-0.2, -0.15) is 5.26 Å². The summed E-state index contributed by atoms with van der Waals surface area (Å²) >= 11 is 0. The lowest BCUT2D eigenvalue weighted by Gasteiger charge is -2.03. The van der Waals surface area contributed by atoms with E-state index in [0.29, 0.717) is 11.8 Å². The molecule has 2 aromatic rings. The summed E-state index contributed by atoms with van der Waals surface area (Å²) in [6.45, 7) is 0. The molecular formula is C12H6F2N2. The van der Waals surface area contributed by atoms with Crippen molar-refractivity contribution in [2.45, 2.75) is 0 Å². The first-order valence-corrected chi connectivity index (χ1v) is 4.53. The molecule has 0 saturated heterocycles. The second-order valence-electron chi connectivity index (χ2n) is 3.14. The monoisotopic (exact) mass is 216 g/mol. The third-order valence-electron chi connectivity index (χ3n) is 2.12. The van der Waals surface area contributed by atoms with Crippen LogP contribution < -0.4 is 0 Å². The maximum absolute atomic E-state index is 13.5. The second kappa shape index (κ2) is 4.07. The Morgan fingerprint density at radius 1 is 1.12 bits per heavy atom. The molecule has 0 unspecified atom stereocenters. The molecule has 1 aromatic carbocycles. The number of nitrogens with zero attached hydrogens (tertiary/aromatic N) is 2. The van der Waals surface area contributed by atoms with Gasteiger partial charge in [0.2, 0.25) is 0 Å². The molecule has 0 aliphatic carbocycles. The number of hydrogen-bond acceptors (Lipinski definition) is 2. The second-order valence-corrected chi connectivity index (χ2v) is 3.14. The molecule has 0 atom stereocenters. The Balaban J connectivity index is 2.63. The van der Waals surface area contributed by atoms with E-state index in [1.165, 1.54) is 6.20 Å². The van der Waals surface area contributed by atoms with Gasteiger partial charge in [-0.3, -0.25) is 4.98 Å². The van der Waals surface area contributed by atoms with Crippen LogP contribution in [0.5, 0.6) is 0 Å². The van der Waals surface area contributed by atoms with Crippen LogP contribution in [0, 0.1) is 23.0 Å². The van der Waals surface area contributed by atoms with E-state index in [4.69, 9.17) is 5.26 Å². The Morgan fingerprint density at radius 2 is 1.94 bits per heavy atom. The molecular weight excluding hydrogens is 210 g/mol. The van der Waals surface area contributed by atoms with Crippen LogP contribution in [0.2, 0.25) is 0 Å². The summed E-state index contributed by atoms with van der Waals surface area (Å²) in [5.74, 6) is -1.59. The van der Waals surface area contributed by atoms with Gasteiger partial charge < -0.3 is 0 Å². The molecule has 0 N–H and O–H groups in total. The fraction of sp³-hybridized carbons (Fsp3) is 0. The zero-order chi connectivity index (χ0) is 11.5. The first-order chi connectivity index (χ1) is 7.72. The van der Waals surface area contributed by atoms with Gasteiger partial charge in [-0.1, -0.05) is 6.07 Å². The predicted molar refractivity (Wildman–Crippen MR) is 54.3 cm³/mol. The Labute approximate surface area is 90.8 Å². The van der Waals surface area contributed by atoms with E-state index in [-0.39, 0.29) is 11.1 Å². The summed E-state index contributed by atoms with van der Waals surface area (Å²) in [6, 6.07) is 8.50. The van der Waals surface area contributed by atoms with E-state index in [1.54, 1.807) is 24.3 Å². The van der Waals surface area contributed by atoms with Crippen molar-refractivity contribution in [3.8, 4) is 17.3 Å². The smallest absolute Gasteiger partial charge is 0.143 e. The number of benzene rings is 1. The molecule has 0 spiro atoms. The van der Waals surface area contributed by atoms with E-state index in [9.17, 15) is 8.78 Å². The average Bonchev–Trinajstić information content (AvgIpc) is 2.30. The summed E-state index contributed by atoms with van der Waals surface area (Å²) < 4.78 is 26.5. The van der Waals surface area contributed by atoms with Gasteiger partial charge in [0.1, 0.15) is 17.7 Å². The van der Waals surface area contributed by atoms with Crippen molar-refractivity contribution in [2.75, 3.05) is 0 Å². The number of halogens is 2. The van der Waals surface area contributed by atoms with Crippen molar-refractivity contribution >= 4 is 0 Å². The number of rotatable bonds is 1. The molecule has 0 aliphatic heterocycles. The van der Waals surface area contributed by atoms with Crippen LogP contribution in [0.15, 0.2) is 36.5 Å². The Kier molecular flexibility index (Phi) is 2.61. The molecule has 0 radical (unpaired) electrons. The van der Waals surface area contributed by atoms with Crippen LogP contribution in [0.3, 0.4) is 0 Å². The number of nitriles is 1. The first-order valence-electron chi connectivity index (χ1n) is 4.53. The molecule has 78 valence electrons. The highest BCUT2D eigenvalue weighted by Gasteiger charge is 2.11. The van der Waals surface area contributed by atoms with Gasteiger partial charge in [-0.25, -0.2) is 8.78 Å². The van der Waals surface area contributed by atoms with Gasteiger partial charge in [0, 0.05) is 17.8 Å². The maximum Gasteiger partial charge on any atom is 0.143 e. The first kappa shape index (κ1) is 10.2. The molecule has 4 heteroatoms. The topological polar surface area (TPSA) is 36.7 Å². The fourth-order valence-corrected chi connectivity index (χ4v) is 1.35. The minimum Gasteiger partial charge on any atom is -0.256 e. The molecule has 0 aliphatic rings. The van der Waals surface area contributed by atoms with Gasteiger partial charge >= 0.3 is 0 Å². The minimum absolute atomic E-state index is 0.124. The minimum atomic E-state index is -0.861. The molecule has 2 rings (SSSR count). The number of hydrogen-bond donors (Lipinski definition) is 0. The van der Waals surface area contributed by atoms with E-state index >= 15 is 0 Å². The highest BCUT2D eigenvalue weighted by Crippen LogP contribution is 2.23. The molecule has 16 heavy (non-hydrogen) atoms. The lowest BCUT2D eigenvalue weighted by molar-refractivity contribution is 0.583. The van der Waals surface area contributed by atoms with Crippen LogP contribution in [-0.2, 0) is 0 Å². The SMILES string of the molecule is N#Cc1cc(-c2ccccn2)c(F)cc1F. The van der Waals surface area contributed by atoms with Gasteiger partial charge in [-0.15, -0.1) is 0 Å². The van der Waals surface area contributed by atoms with Crippen LogP contribution in [0.4, 0.5) is 8.78 Å². The highest BCUT2D eigenvalue weighted by molar-refractivity contribution is 5.62. The number of aromatic nitrogens is 1. The zero-order valence-electron chi connectivity index (χ0n) is 8.11. The summed E-state index contributed by atoms with van der Waals surface area (Å²) in [5, 5.41) is 8.65. The molecule has 0 saturated carbocycles. The number of pyridine rings is 1.